The van der Waals surface area contributed by atoms with Gasteiger partial charge in [-0.2, -0.15) is 0 Å². The van der Waals surface area contributed by atoms with E-state index in [0.717, 1.165) is 31.0 Å². The molecule has 0 unspecified atom stereocenters. The molecule has 3 heterocycles. The summed E-state index contributed by atoms with van der Waals surface area (Å²) in [5.41, 5.74) is 1.75. The van der Waals surface area contributed by atoms with E-state index in [-0.39, 0.29) is 5.91 Å². The minimum atomic E-state index is -0.0185. The smallest absolute Gasteiger partial charge is 0.258 e. The summed E-state index contributed by atoms with van der Waals surface area (Å²) in [7, 11) is 3.21. The zero-order valence-corrected chi connectivity index (χ0v) is 18.6. The van der Waals surface area contributed by atoms with Gasteiger partial charge in [0.15, 0.2) is 5.75 Å². The van der Waals surface area contributed by atoms with Crippen LogP contribution in [0.5, 0.6) is 11.5 Å². The predicted molar refractivity (Wildman–Crippen MR) is 118 cm³/mol. The Bertz CT molecular complexity index is 1010. The van der Waals surface area contributed by atoms with Crippen LogP contribution < -0.4 is 9.47 Å². The van der Waals surface area contributed by atoms with Gasteiger partial charge < -0.3 is 18.9 Å². The first-order valence-corrected chi connectivity index (χ1v) is 11.1. The van der Waals surface area contributed by atoms with Gasteiger partial charge in [0.05, 0.1) is 19.8 Å². The molecule has 0 radical (unpaired) electrons. The van der Waals surface area contributed by atoms with E-state index in [1.165, 1.54) is 16.9 Å². The molecule has 0 saturated carbocycles. The maximum atomic E-state index is 12.9. The molecule has 0 aliphatic carbocycles. The van der Waals surface area contributed by atoms with Gasteiger partial charge in [0, 0.05) is 43.3 Å². The third kappa shape index (κ3) is 4.18. The number of methoxy groups -OCH3 is 2. The number of rotatable bonds is 6. The Morgan fingerprint density at radius 2 is 1.93 bits per heavy atom. The number of thiophene rings is 1. The second-order valence-electron chi connectivity index (χ2n) is 7.28. The number of hydrogen-bond donors (Lipinski definition) is 0. The number of imidazole rings is 1. The number of halogens is 1. The molecule has 1 fully saturated rings. The van der Waals surface area contributed by atoms with Crippen molar-refractivity contribution in [1.82, 2.24) is 14.5 Å². The predicted octanol–water partition coefficient (Wildman–Crippen LogP) is 4.68. The molecular weight excluding hydrogens is 422 g/mol. The van der Waals surface area contributed by atoms with Crippen molar-refractivity contribution < 1.29 is 14.3 Å². The molecule has 6 nitrogen and oxygen atoms in total. The number of piperidine rings is 1. The fraction of sp³-hybridized carbons (Fsp3) is 0.364. The first-order chi connectivity index (χ1) is 14.6. The molecule has 0 spiro atoms. The quantitative estimate of drug-likeness (QED) is 0.552. The average molecular weight is 446 g/mol. The lowest BCUT2D eigenvalue weighted by Gasteiger charge is -2.32. The van der Waals surface area contributed by atoms with Crippen molar-refractivity contribution in [2.24, 2.45) is 0 Å². The fourth-order valence-electron chi connectivity index (χ4n) is 3.91. The van der Waals surface area contributed by atoms with Gasteiger partial charge in [-0.1, -0.05) is 23.7 Å². The lowest BCUT2D eigenvalue weighted by Crippen LogP contribution is -2.38. The first-order valence-electron chi connectivity index (χ1n) is 9.85. The Labute approximate surface area is 185 Å². The van der Waals surface area contributed by atoms with Crippen molar-refractivity contribution in [1.29, 1.82) is 0 Å². The number of benzene rings is 1. The average Bonchev–Trinajstić information content (AvgIpc) is 3.40. The number of carbonyl (C=O) groups excluding carboxylic acids is 1. The lowest BCUT2D eigenvalue weighted by molar-refractivity contribution is 0.0707. The topological polar surface area (TPSA) is 56.6 Å². The van der Waals surface area contributed by atoms with Crippen LogP contribution in [0.4, 0.5) is 0 Å². The van der Waals surface area contributed by atoms with Gasteiger partial charge in [0.2, 0.25) is 0 Å². The molecule has 158 valence electrons. The largest absolute Gasteiger partial charge is 0.497 e. The zero-order valence-electron chi connectivity index (χ0n) is 17.0. The standard InChI is InChI=1S/C22H24ClN3O3S/c1-28-17-5-3-15(4-6-17)13-26-12-9-24-21(26)16-7-10-25(11-8-16)22(27)18-14-30-20(23)19(18)29-2/h3-6,9,12,14,16H,7-8,10-11,13H2,1-2H3. The molecule has 0 N–H and O–H groups in total. The zero-order chi connectivity index (χ0) is 21.1. The second-order valence-corrected chi connectivity index (χ2v) is 8.77. The highest BCUT2D eigenvalue weighted by atomic mass is 35.5. The summed E-state index contributed by atoms with van der Waals surface area (Å²) >= 11 is 7.45. The van der Waals surface area contributed by atoms with Gasteiger partial charge in [-0.3, -0.25) is 4.79 Å². The van der Waals surface area contributed by atoms with E-state index in [2.05, 4.69) is 21.7 Å². The Kier molecular flexibility index (Phi) is 6.29. The van der Waals surface area contributed by atoms with Crippen LogP contribution in [0.15, 0.2) is 42.0 Å². The normalized spacial score (nSPS) is 14.7. The molecule has 30 heavy (non-hydrogen) atoms. The van der Waals surface area contributed by atoms with Gasteiger partial charge in [-0.05, 0) is 30.5 Å². The van der Waals surface area contributed by atoms with E-state index in [1.54, 1.807) is 19.6 Å². The molecule has 0 atom stereocenters. The van der Waals surface area contributed by atoms with Crippen LogP contribution in [0.2, 0.25) is 4.34 Å². The Morgan fingerprint density at radius 1 is 1.20 bits per heavy atom. The van der Waals surface area contributed by atoms with Crippen LogP contribution >= 0.6 is 22.9 Å². The minimum Gasteiger partial charge on any atom is -0.497 e. The van der Waals surface area contributed by atoms with Gasteiger partial charge in [-0.25, -0.2) is 4.98 Å². The van der Waals surface area contributed by atoms with Crippen molar-refractivity contribution in [3.63, 3.8) is 0 Å². The van der Waals surface area contributed by atoms with Crippen molar-refractivity contribution in [2.75, 3.05) is 27.3 Å². The molecule has 0 bridgehead atoms. The number of aromatic nitrogens is 2. The number of amides is 1. The number of ether oxygens (including phenoxy) is 2. The van der Waals surface area contributed by atoms with Crippen LogP contribution in [0, 0.1) is 0 Å². The molecule has 4 rings (SSSR count). The third-order valence-corrected chi connectivity index (χ3v) is 6.73. The highest BCUT2D eigenvalue weighted by Crippen LogP contribution is 2.37. The molecule has 3 aromatic rings. The fourth-order valence-corrected chi connectivity index (χ4v) is 4.96. The second kappa shape index (κ2) is 9.10. The number of carbonyl (C=O) groups is 1. The van der Waals surface area contributed by atoms with E-state index in [4.69, 9.17) is 21.1 Å². The van der Waals surface area contributed by atoms with Crippen LogP contribution in [-0.2, 0) is 6.54 Å². The van der Waals surface area contributed by atoms with Gasteiger partial charge in [0.1, 0.15) is 15.9 Å². The van der Waals surface area contributed by atoms with Crippen molar-refractivity contribution in [2.45, 2.75) is 25.3 Å². The summed E-state index contributed by atoms with van der Waals surface area (Å²) in [5, 5.41) is 1.77. The monoisotopic (exact) mass is 445 g/mol. The van der Waals surface area contributed by atoms with Gasteiger partial charge in [0.25, 0.3) is 5.91 Å². The van der Waals surface area contributed by atoms with Crippen LogP contribution in [0.25, 0.3) is 0 Å². The summed E-state index contributed by atoms with van der Waals surface area (Å²) in [6, 6.07) is 8.09. The summed E-state index contributed by atoms with van der Waals surface area (Å²) in [6.45, 7) is 2.15. The SMILES string of the molecule is COc1ccc(Cn2ccnc2C2CCN(C(=O)c3csc(Cl)c3OC)CC2)cc1. The summed E-state index contributed by atoms with van der Waals surface area (Å²) in [6.07, 6.45) is 5.64. The van der Waals surface area contributed by atoms with Gasteiger partial charge >= 0.3 is 0 Å². The van der Waals surface area contributed by atoms with E-state index in [0.29, 0.717) is 34.7 Å². The Hall–Kier alpha value is -2.51. The molecule has 1 aromatic carbocycles. The Morgan fingerprint density at radius 3 is 2.60 bits per heavy atom. The number of nitrogens with zero attached hydrogens (tertiary/aromatic N) is 3. The maximum Gasteiger partial charge on any atom is 0.258 e. The minimum absolute atomic E-state index is 0.0185. The van der Waals surface area contributed by atoms with Crippen LogP contribution in [0.1, 0.15) is 40.5 Å². The Balaban J connectivity index is 1.41. The molecule has 8 heteroatoms. The molecule has 1 aliphatic rings. The lowest BCUT2D eigenvalue weighted by atomic mass is 9.95. The van der Waals surface area contributed by atoms with E-state index < -0.39 is 0 Å². The third-order valence-electron chi connectivity index (χ3n) is 5.54. The molecule has 1 amide bonds. The summed E-state index contributed by atoms with van der Waals surface area (Å²) in [5.74, 6) is 2.72. The van der Waals surface area contributed by atoms with Gasteiger partial charge in [-0.15, -0.1) is 11.3 Å². The molecular formula is C22H24ClN3O3S. The number of likely N-dealkylation sites (tertiary alicyclic amines) is 1. The van der Waals surface area contributed by atoms with Crippen molar-refractivity contribution in [3.05, 3.63) is 63.3 Å². The molecule has 1 aliphatic heterocycles. The highest BCUT2D eigenvalue weighted by molar-refractivity contribution is 7.15. The maximum absolute atomic E-state index is 12.9. The van der Waals surface area contributed by atoms with E-state index in [1.807, 2.05) is 29.4 Å². The first kappa shape index (κ1) is 20.8. The highest BCUT2D eigenvalue weighted by Gasteiger charge is 2.29. The number of hydrogen-bond acceptors (Lipinski definition) is 5. The van der Waals surface area contributed by atoms with E-state index >= 15 is 0 Å². The van der Waals surface area contributed by atoms with Crippen molar-refractivity contribution >= 4 is 28.8 Å². The van der Waals surface area contributed by atoms with Crippen LogP contribution in [-0.4, -0.2) is 47.7 Å². The molecule has 2 aromatic heterocycles. The summed E-state index contributed by atoms with van der Waals surface area (Å²) in [4.78, 5) is 19.4. The molecule has 1 saturated heterocycles. The van der Waals surface area contributed by atoms with Crippen LogP contribution in [0.3, 0.4) is 0 Å². The summed E-state index contributed by atoms with van der Waals surface area (Å²) < 4.78 is 13.2. The van der Waals surface area contributed by atoms with E-state index in [9.17, 15) is 4.79 Å². The van der Waals surface area contributed by atoms with Crippen molar-refractivity contribution in [3.8, 4) is 11.5 Å².